The summed E-state index contributed by atoms with van der Waals surface area (Å²) in [6.07, 6.45) is 9.35. The van der Waals surface area contributed by atoms with E-state index < -0.39 is 0 Å². The van der Waals surface area contributed by atoms with Crippen LogP contribution < -0.4 is 5.32 Å². The van der Waals surface area contributed by atoms with Gasteiger partial charge in [0, 0.05) is 41.5 Å². The van der Waals surface area contributed by atoms with Crippen LogP contribution >= 0.6 is 11.6 Å². The SMILES string of the molecule is Cc1ncc(CN[C@H]2[C@H]3CCCC[C@@H]3[C@@H]2c2ccc(Cl)cc2)cn1. The third-order valence-electron chi connectivity index (χ3n) is 5.82. The second kappa shape index (κ2) is 6.81. The Morgan fingerprint density at radius 3 is 2.42 bits per heavy atom. The van der Waals surface area contributed by atoms with Crippen LogP contribution in [-0.4, -0.2) is 16.0 Å². The predicted molar refractivity (Wildman–Crippen MR) is 97.0 cm³/mol. The molecule has 2 saturated carbocycles. The highest BCUT2D eigenvalue weighted by Gasteiger charge is 2.50. The largest absolute Gasteiger partial charge is 0.309 e. The highest BCUT2D eigenvalue weighted by atomic mass is 35.5. The van der Waals surface area contributed by atoms with Gasteiger partial charge in [-0.05, 0) is 49.3 Å². The maximum absolute atomic E-state index is 6.08. The van der Waals surface area contributed by atoms with E-state index in [9.17, 15) is 0 Å². The summed E-state index contributed by atoms with van der Waals surface area (Å²) in [7, 11) is 0. The highest BCUT2D eigenvalue weighted by Crippen LogP contribution is 2.54. The number of aryl methyl sites for hydroxylation is 1. The Bertz CT molecular complexity index is 683. The van der Waals surface area contributed by atoms with Crippen molar-refractivity contribution in [2.75, 3.05) is 0 Å². The Balaban J connectivity index is 1.50. The Kier molecular flexibility index (Phi) is 4.55. The van der Waals surface area contributed by atoms with Gasteiger partial charge in [0.1, 0.15) is 5.82 Å². The molecule has 1 heterocycles. The van der Waals surface area contributed by atoms with Crippen LogP contribution in [0.2, 0.25) is 5.02 Å². The summed E-state index contributed by atoms with van der Waals surface area (Å²) in [5.41, 5.74) is 2.59. The first-order valence-electron chi connectivity index (χ1n) is 8.99. The molecule has 24 heavy (non-hydrogen) atoms. The third-order valence-corrected chi connectivity index (χ3v) is 6.07. The molecule has 126 valence electrons. The lowest BCUT2D eigenvalue weighted by Crippen LogP contribution is -2.57. The van der Waals surface area contributed by atoms with E-state index in [1.807, 2.05) is 31.5 Å². The molecule has 1 N–H and O–H groups in total. The Hall–Kier alpha value is -1.45. The Morgan fingerprint density at radius 2 is 1.71 bits per heavy atom. The van der Waals surface area contributed by atoms with E-state index in [0.717, 1.165) is 34.8 Å². The molecule has 2 fully saturated rings. The van der Waals surface area contributed by atoms with Gasteiger partial charge in [0.15, 0.2) is 0 Å². The van der Waals surface area contributed by atoms with Crippen molar-refractivity contribution in [3.05, 3.63) is 58.6 Å². The van der Waals surface area contributed by atoms with Crippen LogP contribution in [0.5, 0.6) is 0 Å². The lowest BCUT2D eigenvalue weighted by atomic mass is 9.53. The minimum absolute atomic E-state index is 0.553. The molecule has 0 bridgehead atoms. The molecule has 2 aliphatic carbocycles. The number of nitrogens with zero attached hydrogens (tertiary/aromatic N) is 2. The number of benzene rings is 1. The predicted octanol–water partition coefficient (Wildman–Crippen LogP) is 4.50. The fourth-order valence-electron chi connectivity index (χ4n) is 4.63. The fourth-order valence-corrected chi connectivity index (χ4v) is 4.76. The van der Waals surface area contributed by atoms with Crippen LogP contribution in [0.25, 0.3) is 0 Å². The van der Waals surface area contributed by atoms with Crippen LogP contribution in [0.1, 0.15) is 48.6 Å². The molecule has 4 atom stereocenters. The van der Waals surface area contributed by atoms with Gasteiger partial charge in [0.25, 0.3) is 0 Å². The van der Waals surface area contributed by atoms with Crippen molar-refractivity contribution in [2.24, 2.45) is 11.8 Å². The summed E-state index contributed by atoms with van der Waals surface area (Å²) in [5.74, 6) is 3.07. The van der Waals surface area contributed by atoms with Crippen molar-refractivity contribution in [3.8, 4) is 0 Å². The number of hydrogen-bond donors (Lipinski definition) is 1. The first-order valence-corrected chi connectivity index (χ1v) is 9.36. The van der Waals surface area contributed by atoms with Gasteiger partial charge in [-0.2, -0.15) is 0 Å². The number of halogens is 1. The molecule has 2 aliphatic rings. The molecule has 0 radical (unpaired) electrons. The summed E-state index contributed by atoms with van der Waals surface area (Å²) in [5, 5.41) is 4.62. The minimum Gasteiger partial charge on any atom is -0.309 e. The van der Waals surface area contributed by atoms with E-state index >= 15 is 0 Å². The van der Waals surface area contributed by atoms with Crippen molar-refractivity contribution in [3.63, 3.8) is 0 Å². The average Bonchev–Trinajstić information content (AvgIpc) is 2.59. The third kappa shape index (κ3) is 3.07. The van der Waals surface area contributed by atoms with Gasteiger partial charge in [-0.1, -0.05) is 36.6 Å². The van der Waals surface area contributed by atoms with Gasteiger partial charge in [-0.25, -0.2) is 9.97 Å². The summed E-state index contributed by atoms with van der Waals surface area (Å²) in [6.45, 7) is 2.77. The molecular weight excluding hydrogens is 318 g/mol. The zero-order chi connectivity index (χ0) is 16.5. The van der Waals surface area contributed by atoms with Gasteiger partial charge < -0.3 is 5.32 Å². The maximum atomic E-state index is 6.08. The molecule has 0 unspecified atom stereocenters. The lowest BCUT2D eigenvalue weighted by Gasteiger charge is -2.55. The first-order chi connectivity index (χ1) is 11.7. The molecule has 2 aromatic rings. The van der Waals surface area contributed by atoms with E-state index in [2.05, 4.69) is 27.4 Å². The molecule has 1 aromatic carbocycles. The molecule has 4 rings (SSSR count). The fraction of sp³-hybridized carbons (Fsp3) is 0.500. The van der Waals surface area contributed by atoms with E-state index in [-0.39, 0.29) is 0 Å². The van der Waals surface area contributed by atoms with Crippen molar-refractivity contribution < 1.29 is 0 Å². The van der Waals surface area contributed by atoms with E-state index in [1.165, 1.54) is 31.2 Å². The van der Waals surface area contributed by atoms with Gasteiger partial charge in [-0.3, -0.25) is 0 Å². The number of rotatable bonds is 4. The average molecular weight is 342 g/mol. The number of fused-ring (bicyclic) bond motifs is 1. The van der Waals surface area contributed by atoms with E-state index in [0.29, 0.717) is 12.0 Å². The normalized spacial score (nSPS) is 28.9. The van der Waals surface area contributed by atoms with Gasteiger partial charge in [0.2, 0.25) is 0 Å². The van der Waals surface area contributed by atoms with Crippen molar-refractivity contribution in [1.29, 1.82) is 0 Å². The van der Waals surface area contributed by atoms with Crippen molar-refractivity contribution >= 4 is 11.6 Å². The standard InChI is InChI=1S/C20H24ClN3/c1-13-22-10-14(11-23-13)12-24-20-18-5-3-2-4-17(18)19(20)15-6-8-16(21)9-7-15/h6-11,17-20,24H,2-5,12H2,1H3/t17-,18-,19-,20-/m0/s1. The zero-order valence-corrected chi connectivity index (χ0v) is 14.8. The number of nitrogens with one attached hydrogen (secondary N) is 1. The molecule has 0 saturated heterocycles. The number of aromatic nitrogens is 2. The highest BCUT2D eigenvalue weighted by molar-refractivity contribution is 6.30. The summed E-state index contributed by atoms with van der Waals surface area (Å²) >= 11 is 6.08. The monoisotopic (exact) mass is 341 g/mol. The molecule has 0 spiro atoms. The second-order valence-corrected chi connectivity index (χ2v) is 7.67. The quantitative estimate of drug-likeness (QED) is 0.889. The smallest absolute Gasteiger partial charge is 0.125 e. The lowest BCUT2D eigenvalue weighted by molar-refractivity contribution is 0.0254. The zero-order valence-electron chi connectivity index (χ0n) is 14.1. The molecule has 0 aliphatic heterocycles. The van der Waals surface area contributed by atoms with Crippen LogP contribution in [-0.2, 0) is 6.54 Å². The van der Waals surface area contributed by atoms with Gasteiger partial charge >= 0.3 is 0 Å². The maximum Gasteiger partial charge on any atom is 0.125 e. The summed E-state index contributed by atoms with van der Waals surface area (Å²) in [4.78, 5) is 8.61. The minimum atomic E-state index is 0.553. The van der Waals surface area contributed by atoms with Crippen LogP contribution in [0, 0.1) is 18.8 Å². The van der Waals surface area contributed by atoms with Gasteiger partial charge in [-0.15, -0.1) is 0 Å². The molecule has 0 amide bonds. The molecule has 3 nitrogen and oxygen atoms in total. The van der Waals surface area contributed by atoms with E-state index in [4.69, 9.17) is 11.6 Å². The molecule has 4 heteroatoms. The topological polar surface area (TPSA) is 37.8 Å². The van der Waals surface area contributed by atoms with Crippen LogP contribution in [0.3, 0.4) is 0 Å². The first kappa shape index (κ1) is 16.0. The van der Waals surface area contributed by atoms with E-state index in [1.54, 1.807) is 0 Å². The Morgan fingerprint density at radius 1 is 1.04 bits per heavy atom. The molecule has 1 aromatic heterocycles. The van der Waals surface area contributed by atoms with Crippen LogP contribution in [0.4, 0.5) is 0 Å². The number of hydrogen-bond acceptors (Lipinski definition) is 3. The van der Waals surface area contributed by atoms with Crippen molar-refractivity contribution in [2.45, 2.75) is 51.1 Å². The Labute approximate surface area is 148 Å². The second-order valence-electron chi connectivity index (χ2n) is 7.23. The van der Waals surface area contributed by atoms with Gasteiger partial charge in [0.05, 0.1) is 0 Å². The summed E-state index contributed by atoms with van der Waals surface area (Å²) < 4.78 is 0. The van der Waals surface area contributed by atoms with Crippen LogP contribution in [0.15, 0.2) is 36.7 Å². The van der Waals surface area contributed by atoms with Crippen molar-refractivity contribution in [1.82, 2.24) is 15.3 Å². The molecular formula is C20H24ClN3. The summed E-state index contributed by atoms with van der Waals surface area (Å²) in [6, 6.07) is 9.02.